The third kappa shape index (κ3) is 6.60. The van der Waals surface area contributed by atoms with Gasteiger partial charge in [0.15, 0.2) is 11.0 Å². The lowest BCUT2D eigenvalue weighted by molar-refractivity contribution is -0.274. The van der Waals surface area contributed by atoms with E-state index in [1.165, 1.54) is 23.9 Å². The summed E-state index contributed by atoms with van der Waals surface area (Å²) in [5, 5.41) is 11.3. The third-order valence-corrected chi connectivity index (χ3v) is 5.91. The fourth-order valence-corrected chi connectivity index (χ4v) is 4.04. The maximum Gasteiger partial charge on any atom is 0.573 e. The number of nitrogens with zero attached hydrogens (tertiary/aromatic N) is 4. The number of hydrogen-bond donors (Lipinski definition) is 1. The van der Waals surface area contributed by atoms with E-state index in [9.17, 15) is 18.0 Å². The second kappa shape index (κ2) is 10.6. The van der Waals surface area contributed by atoms with E-state index < -0.39 is 11.6 Å². The van der Waals surface area contributed by atoms with E-state index in [2.05, 4.69) is 25.2 Å². The molecule has 4 rings (SSSR count). The van der Waals surface area contributed by atoms with Crippen LogP contribution in [-0.2, 0) is 11.3 Å². The molecule has 1 unspecified atom stereocenters. The Labute approximate surface area is 203 Å². The van der Waals surface area contributed by atoms with Gasteiger partial charge in [0.05, 0.1) is 11.8 Å². The maximum absolute atomic E-state index is 12.8. The molecule has 1 amide bonds. The van der Waals surface area contributed by atoms with Crippen LogP contribution in [0.3, 0.4) is 0 Å². The molecule has 0 spiro atoms. The zero-order chi connectivity index (χ0) is 24.8. The van der Waals surface area contributed by atoms with Crippen LogP contribution in [0.2, 0.25) is 0 Å². The molecule has 0 bridgehead atoms. The van der Waals surface area contributed by atoms with E-state index in [0.29, 0.717) is 23.2 Å². The second-order valence-electron chi connectivity index (χ2n) is 7.44. The minimum absolute atomic E-state index is 0.336. The average molecular weight is 500 g/mol. The van der Waals surface area contributed by atoms with Gasteiger partial charge in [0.2, 0.25) is 5.91 Å². The van der Waals surface area contributed by atoms with E-state index in [4.69, 9.17) is 0 Å². The van der Waals surface area contributed by atoms with Crippen molar-refractivity contribution in [2.24, 2.45) is 0 Å². The monoisotopic (exact) mass is 499 g/mol. The largest absolute Gasteiger partial charge is 0.573 e. The Morgan fingerprint density at radius 3 is 2.46 bits per heavy atom. The first-order chi connectivity index (χ1) is 16.8. The van der Waals surface area contributed by atoms with Crippen molar-refractivity contribution in [1.29, 1.82) is 0 Å². The summed E-state index contributed by atoms with van der Waals surface area (Å²) in [6.07, 6.45) is -1.41. The van der Waals surface area contributed by atoms with Gasteiger partial charge in [-0.1, -0.05) is 42.1 Å². The lowest BCUT2D eigenvalue weighted by Crippen LogP contribution is -2.23. The fraction of sp³-hybridized carbons (Fsp3) is 0.167. The van der Waals surface area contributed by atoms with Gasteiger partial charge < -0.3 is 10.1 Å². The number of thioether (sulfide) groups is 1. The Kier molecular flexibility index (Phi) is 7.35. The summed E-state index contributed by atoms with van der Waals surface area (Å²) in [6.45, 7) is 2.21. The van der Waals surface area contributed by atoms with E-state index in [-0.39, 0.29) is 11.7 Å². The number of carbonyl (C=O) groups is 1. The number of anilines is 1. The lowest BCUT2D eigenvalue weighted by atomic mass is 10.2. The lowest BCUT2D eigenvalue weighted by Gasteiger charge is -2.14. The SMILES string of the molecule is CC(Sc1nnc(-c2cccnc2)n1Cc1ccccc1)C(=O)Nc1ccc(OC(F)(F)F)cc1. The molecule has 2 aromatic carbocycles. The van der Waals surface area contributed by atoms with Crippen LogP contribution in [0.1, 0.15) is 12.5 Å². The maximum atomic E-state index is 12.8. The zero-order valence-corrected chi connectivity index (χ0v) is 19.3. The van der Waals surface area contributed by atoms with Crippen molar-refractivity contribution >= 4 is 23.4 Å². The predicted molar refractivity (Wildman–Crippen MR) is 126 cm³/mol. The predicted octanol–water partition coefficient (Wildman–Crippen LogP) is 5.41. The highest BCUT2D eigenvalue weighted by atomic mass is 32.2. The summed E-state index contributed by atoms with van der Waals surface area (Å²) in [5.74, 6) is -0.0798. The first kappa shape index (κ1) is 24.3. The molecule has 0 aliphatic heterocycles. The average Bonchev–Trinajstić information content (AvgIpc) is 3.22. The fourth-order valence-electron chi connectivity index (χ4n) is 3.19. The molecule has 0 saturated carbocycles. The van der Waals surface area contributed by atoms with Gasteiger partial charge in [-0.3, -0.25) is 14.3 Å². The molecule has 2 aromatic heterocycles. The number of halogens is 3. The van der Waals surface area contributed by atoms with E-state index in [1.54, 1.807) is 19.3 Å². The molecule has 1 N–H and O–H groups in total. The first-order valence-corrected chi connectivity index (χ1v) is 11.4. The molecule has 0 saturated heterocycles. The van der Waals surface area contributed by atoms with Crippen molar-refractivity contribution < 1.29 is 22.7 Å². The summed E-state index contributed by atoms with van der Waals surface area (Å²) >= 11 is 1.23. The number of pyridine rings is 1. The Morgan fingerprint density at radius 2 is 1.80 bits per heavy atom. The van der Waals surface area contributed by atoms with Gasteiger partial charge in [-0.25, -0.2) is 0 Å². The molecular weight excluding hydrogens is 479 g/mol. The van der Waals surface area contributed by atoms with E-state index in [0.717, 1.165) is 23.3 Å². The van der Waals surface area contributed by atoms with Crippen LogP contribution in [0, 0.1) is 0 Å². The number of nitrogens with one attached hydrogen (secondary N) is 1. The highest BCUT2D eigenvalue weighted by molar-refractivity contribution is 8.00. The number of hydrogen-bond acceptors (Lipinski definition) is 6. The molecule has 11 heteroatoms. The number of rotatable bonds is 8. The Bertz CT molecular complexity index is 1270. The first-order valence-electron chi connectivity index (χ1n) is 10.5. The van der Waals surface area contributed by atoms with Gasteiger partial charge in [-0.05, 0) is 48.9 Å². The molecule has 2 heterocycles. The summed E-state index contributed by atoms with van der Waals surface area (Å²) in [4.78, 5) is 16.9. The molecule has 4 aromatic rings. The van der Waals surface area contributed by atoms with Crippen molar-refractivity contribution in [2.45, 2.75) is 30.2 Å². The normalized spacial score (nSPS) is 12.2. The van der Waals surface area contributed by atoms with Gasteiger partial charge >= 0.3 is 6.36 Å². The van der Waals surface area contributed by atoms with E-state index in [1.807, 2.05) is 47.0 Å². The van der Waals surface area contributed by atoms with Gasteiger partial charge in [-0.2, -0.15) is 0 Å². The molecule has 35 heavy (non-hydrogen) atoms. The molecule has 180 valence electrons. The Balaban J connectivity index is 1.50. The van der Waals surface area contributed by atoms with Crippen molar-refractivity contribution in [3.63, 3.8) is 0 Å². The number of alkyl halides is 3. The molecule has 7 nitrogen and oxygen atoms in total. The van der Waals surface area contributed by atoms with E-state index >= 15 is 0 Å². The van der Waals surface area contributed by atoms with Crippen LogP contribution in [0.5, 0.6) is 5.75 Å². The number of benzene rings is 2. The molecular formula is C24H20F3N5O2S. The standard InChI is InChI=1S/C24H20F3N5O2S/c1-16(22(33)29-19-9-11-20(12-10-19)34-24(25,26)27)35-23-31-30-21(18-8-5-13-28-14-18)32(23)15-17-6-3-2-4-7-17/h2-14,16H,15H2,1H3,(H,29,33). The molecule has 1 atom stereocenters. The zero-order valence-electron chi connectivity index (χ0n) is 18.4. The number of ether oxygens (including phenoxy) is 1. The molecule has 0 aliphatic rings. The Morgan fingerprint density at radius 1 is 1.06 bits per heavy atom. The van der Waals surface area contributed by atoms with Crippen LogP contribution in [-0.4, -0.2) is 37.3 Å². The van der Waals surface area contributed by atoms with Gasteiger partial charge in [0, 0.05) is 23.6 Å². The van der Waals surface area contributed by atoms with Crippen LogP contribution >= 0.6 is 11.8 Å². The number of carbonyl (C=O) groups excluding carboxylic acids is 1. The van der Waals surface area contributed by atoms with Crippen LogP contribution in [0.15, 0.2) is 84.3 Å². The quantitative estimate of drug-likeness (QED) is 0.327. The summed E-state index contributed by atoms with van der Waals surface area (Å²) in [6, 6.07) is 18.4. The van der Waals surface area contributed by atoms with Gasteiger partial charge in [0.25, 0.3) is 0 Å². The minimum Gasteiger partial charge on any atom is -0.406 e. The highest BCUT2D eigenvalue weighted by Gasteiger charge is 2.31. The van der Waals surface area contributed by atoms with Gasteiger partial charge in [-0.15, -0.1) is 23.4 Å². The highest BCUT2D eigenvalue weighted by Crippen LogP contribution is 2.29. The van der Waals surface area contributed by atoms with Crippen molar-refractivity contribution in [1.82, 2.24) is 19.7 Å². The third-order valence-electron chi connectivity index (χ3n) is 4.83. The van der Waals surface area contributed by atoms with Crippen LogP contribution in [0.4, 0.5) is 18.9 Å². The summed E-state index contributed by atoms with van der Waals surface area (Å²) in [5.41, 5.74) is 2.18. The molecule has 0 radical (unpaired) electrons. The van der Waals surface area contributed by atoms with Gasteiger partial charge in [0.1, 0.15) is 5.75 Å². The minimum atomic E-state index is -4.78. The molecule has 0 fully saturated rings. The topological polar surface area (TPSA) is 81.9 Å². The molecule has 0 aliphatic carbocycles. The van der Waals surface area contributed by atoms with Crippen molar-refractivity contribution in [3.8, 4) is 17.1 Å². The van der Waals surface area contributed by atoms with Crippen molar-refractivity contribution in [2.75, 3.05) is 5.32 Å². The summed E-state index contributed by atoms with van der Waals surface area (Å²) in [7, 11) is 0. The van der Waals surface area contributed by atoms with Crippen LogP contribution < -0.4 is 10.1 Å². The second-order valence-corrected chi connectivity index (χ2v) is 8.75. The number of aromatic nitrogens is 4. The number of amides is 1. The summed E-state index contributed by atoms with van der Waals surface area (Å²) < 4.78 is 42.8. The Hall–Kier alpha value is -3.86. The van der Waals surface area contributed by atoms with Crippen molar-refractivity contribution in [3.05, 3.63) is 84.7 Å². The van der Waals surface area contributed by atoms with Crippen LogP contribution in [0.25, 0.3) is 11.4 Å². The smallest absolute Gasteiger partial charge is 0.406 e.